The molecule has 6 nitrogen and oxygen atoms in total. The second-order valence-electron chi connectivity index (χ2n) is 7.74. The van der Waals surface area contributed by atoms with E-state index in [0.29, 0.717) is 29.7 Å². The highest BCUT2D eigenvalue weighted by Crippen LogP contribution is 2.30. The molecular weight excluding hydrogens is 421 g/mol. The largest absolute Gasteiger partial charge is 0.416 e. The van der Waals surface area contributed by atoms with Crippen molar-refractivity contribution >= 4 is 12.4 Å². The third-order valence-corrected chi connectivity index (χ3v) is 5.52. The predicted octanol–water partition coefficient (Wildman–Crippen LogP) is 3.72. The molecule has 0 radical (unpaired) electrons. The fourth-order valence-corrected chi connectivity index (χ4v) is 4.03. The Hall–Kier alpha value is -1.68. The number of likely N-dealkylation sites (tertiary alicyclic amines) is 1. The summed E-state index contributed by atoms with van der Waals surface area (Å²) in [4.78, 5) is 9.16. The summed E-state index contributed by atoms with van der Waals surface area (Å²) in [6.07, 6.45) is -2.00. The molecule has 2 saturated heterocycles. The zero-order chi connectivity index (χ0) is 20.3. The summed E-state index contributed by atoms with van der Waals surface area (Å²) in [7, 11) is 0. The number of morpholine rings is 1. The van der Waals surface area contributed by atoms with Crippen LogP contribution in [0.3, 0.4) is 0 Å². The highest BCUT2D eigenvalue weighted by atomic mass is 35.5. The Morgan fingerprint density at radius 3 is 2.47 bits per heavy atom. The number of piperidine rings is 1. The van der Waals surface area contributed by atoms with E-state index in [-0.39, 0.29) is 12.4 Å². The lowest BCUT2D eigenvalue weighted by molar-refractivity contribution is -0.137. The monoisotopic (exact) mass is 446 g/mol. The SMILES string of the molecule is Cl.FC(F)(F)c1ccc(-c2noc(CN3CCC[C@H](CN4CCOCC4)C3)n2)cc1. The lowest BCUT2D eigenvalue weighted by Crippen LogP contribution is -2.44. The minimum Gasteiger partial charge on any atom is -0.379 e. The van der Waals surface area contributed by atoms with Gasteiger partial charge in [-0.15, -0.1) is 12.4 Å². The number of aromatic nitrogens is 2. The van der Waals surface area contributed by atoms with Crippen molar-refractivity contribution in [3.63, 3.8) is 0 Å². The molecule has 1 aromatic heterocycles. The van der Waals surface area contributed by atoms with Gasteiger partial charge >= 0.3 is 6.18 Å². The van der Waals surface area contributed by atoms with E-state index < -0.39 is 11.7 Å². The third kappa shape index (κ3) is 5.94. The number of hydrogen-bond donors (Lipinski definition) is 0. The van der Waals surface area contributed by atoms with Crippen molar-refractivity contribution < 1.29 is 22.4 Å². The molecule has 2 aromatic rings. The number of ether oxygens (including phenoxy) is 1. The van der Waals surface area contributed by atoms with Gasteiger partial charge in [0, 0.05) is 31.7 Å². The Morgan fingerprint density at radius 2 is 1.77 bits per heavy atom. The standard InChI is InChI=1S/C20H25F3N4O2.ClH/c21-20(22,23)17-5-3-16(4-6-17)19-24-18(29-25-19)14-27-7-1-2-15(13-27)12-26-8-10-28-11-9-26;/h3-6,15H,1-2,7-14H2;1H/t15-;/m1./s1. The minimum atomic E-state index is -4.35. The third-order valence-electron chi connectivity index (χ3n) is 5.52. The van der Waals surface area contributed by atoms with Gasteiger partial charge in [-0.3, -0.25) is 9.80 Å². The molecule has 0 saturated carbocycles. The van der Waals surface area contributed by atoms with E-state index in [4.69, 9.17) is 9.26 Å². The molecule has 0 N–H and O–H groups in total. The molecule has 0 spiro atoms. The van der Waals surface area contributed by atoms with Crippen LogP contribution in [0.25, 0.3) is 11.4 Å². The number of alkyl halides is 3. The van der Waals surface area contributed by atoms with E-state index in [1.165, 1.54) is 18.6 Å². The van der Waals surface area contributed by atoms with Crippen molar-refractivity contribution in [3.05, 3.63) is 35.7 Å². The van der Waals surface area contributed by atoms with Crippen molar-refractivity contribution in [1.82, 2.24) is 19.9 Å². The first kappa shape index (κ1) is 23.0. The van der Waals surface area contributed by atoms with Gasteiger partial charge in [0.25, 0.3) is 0 Å². The van der Waals surface area contributed by atoms with Gasteiger partial charge in [-0.2, -0.15) is 18.2 Å². The number of hydrogen-bond acceptors (Lipinski definition) is 6. The van der Waals surface area contributed by atoms with E-state index in [0.717, 1.165) is 64.5 Å². The molecule has 0 aliphatic carbocycles. The summed E-state index contributed by atoms with van der Waals surface area (Å²) in [5.41, 5.74) is -0.179. The lowest BCUT2D eigenvalue weighted by atomic mass is 9.97. The topological polar surface area (TPSA) is 54.6 Å². The van der Waals surface area contributed by atoms with Gasteiger partial charge in [-0.1, -0.05) is 17.3 Å². The zero-order valence-corrected chi connectivity index (χ0v) is 17.4. The Morgan fingerprint density at radius 1 is 1.03 bits per heavy atom. The van der Waals surface area contributed by atoms with Gasteiger partial charge in [0.2, 0.25) is 11.7 Å². The first-order valence-corrected chi connectivity index (χ1v) is 10.00. The summed E-state index contributed by atoms with van der Waals surface area (Å²) < 4.78 is 48.9. The quantitative estimate of drug-likeness (QED) is 0.697. The van der Waals surface area contributed by atoms with E-state index in [1.807, 2.05) is 0 Å². The van der Waals surface area contributed by atoms with Crippen LogP contribution in [-0.4, -0.2) is 65.9 Å². The van der Waals surface area contributed by atoms with E-state index in [9.17, 15) is 13.2 Å². The van der Waals surface area contributed by atoms with Gasteiger partial charge in [-0.25, -0.2) is 0 Å². The predicted molar refractivity (Wildman–Crippen MR) is 107 cm³/mol. The maximum Gasteiger partial charge on any atom is 0.416 e. The molecule has 30 heavy (non-hydrogen) atoms. The van der Waals surface area contributed by atoms with Crippen LogP contribution in [0.15, 0.2) is 28.8 Å². The van der Waals surface area contributed by atoms with Gasteiger partial charge < -0.3 is 9.26 Å². The second kappa shape index (κ2) is 10.1. The molecule has 166 valence electrons. The summed E-state index contributed by atoms with van der Waals surface area (Å²) in [5.74, 6) is 1.42. The molecule has 2 aliphatic rings. The highest BCUT2D eigenvalue weighted by molar-refractivity contribution is 5.85. The molecule has 2 aliphatic heterocycles. The normalized spacial score (nSPS) is 21.4. The minimum absolute atomic E-state index is 0. The van der Waals surface area contributed by atoms with Crippen LogP contribution in [0.2, 0.25) is 0 Å². The molecule has 1 atom stereocenters. The van der Waals surface area contributed by atoms with Crippen LogP contribution in [0.4, 0.5) is 13.2 Å². The summed E-state index contributed by atoms with van der Waals surface area (Å²) >= 11 is 0. The van der Waals surface area contributed by atoms with Crippen molar-refractivity contribution in [2.24, 2.45) is 5.92 Å². The summed E-state index contributed by atoms with van der Waals surface area (Å²) in [6.45, 7) is 7.23. The number of benzene rings is 1. The van der Waals surface area contributed by atoms with Gasteiger partial charge in [0.1, 0.15) is 0 Å². The average molecular weight is 447 g/mol. The molecule has 0 unspecified atom stereocenters. The number of halogens is 4. The van der Waals surface area contributed by atoms with Crippen LogP contribution < -0.4 is 0 Å². The van der Waals surface area contributed by atoms with Crippen LogP contribution in [0, 0.1) is 5.92 Å². The Balaban J connectivity index is 0.00000256. The van der Waals surface area contributed by atoms with Crippen LogP contribution >= 0.6 is 12.4 Å². The van der Waals surface area contributed by atoms with Gasteiger partial charge in [0.05, 0.1) is 25.3 Å². The van der Waals surface area contributed by atoms with E-state index >= 15 is 0 Å². The highest BCUT2D eigenvalue weighted by Gasteiger charge is 2.30. The molecule has 1 aromatic carbocycles. The van der Waals surface area contributed by atoms with Crippen molar-refractivity contribution in [2.45, 2.75) is 25.6 Å². The lowest BCUT2D eigenvalue weighted by Gasteiger charge is -2.36. The molecule has 2 fully saturated rings. The van der Waals surface area contributed by atoms with Crippen molar-refractivity contribution in [2.75, 3.05) is 45.9 Å². The van der Waals surface area contributed by atoms with Crippen LogP contribution in [0.1, 0.15) is 24.3 Å². The van der Waals surface area contributed by atoms with Crippen LogP contribution in [0.5, 0.6) is 0 Å². The van der Waals surface area contributed by atoms with Gasteiger partial charge in [-0.05, 0) is 37.4 Å². The number of rotatable bonds is 5. The van der Waals surface area contributed by atoms with Crippen molar-refractivity contribution in [1.29, 1.82) is 0 Å². The fraction of sp³-hybridized carbons (Fsp3) is 0.600. The Bertz CT molecular complexity index is 794. The zero-order valence-electron chi connectivity index (χ0n) is 16.6. The fourth-order valence-electron chi connectivity index (χ4n) is 4.03. The molecule has 0 bridgehead atoms. The van der Waals surface area contributed by atoms with E-state index in [2.05, 4.69) is 19.9 Å². The first-order valence-electron chi connectivity index (χ1n) is 10.00. The van der Waals surface area contributed by atoms with Crippen LogP contribution in [-0.2, 0) is 17.5 Å². The summed E-state index contributed by atoms with van der Waals surface area (Å²) in [5, 5.41) is 3.94. The maximum atomic E-state index is 12.7. The Labute approximate surface area is 179 Å². The van der Waals surface area contributed by atoms with E-state index in [1.54, 1.807) is 0 Å². The molecule has 10 heteroatoms. The first-order chi connectivity index (χ1) is 14.0. The summed E-state index contributed by atoms with van der Waals surface area (Å²) in [6, 6.07) is 4.81. The van der Waals surface area contributed by atoms with Gasteiger partial charge in [0.15, 0.2) is 0 Å². The molecule has 0 amide bonds. The molecule has 3 heterocycles. The Kier molecular flexibility index (Phi) is 7.73. The average Bonchev–Trinajstić information content (AvgIpc) is 3.17. The maximum absolute atomic E-state index is 12.7. The molecule has 4 rings (SSSR count). The smallest absolute Gasteiger partial charge is 0.379 e. The molecular formula is C20H26ClF3N4O2. The second-order valence-corrected chi connectivity index (χ2v) is 7.74. The van der Waals surface area contributed by atoms with Crippen molar-refractivity contribution in [3.8, 4) is 11.4 Å². The number of nitrogens with zero attached hydrogens (tertiary/aromatic N) is 4.